The summed E-state index contributed by atoms with van der Waals surface area (Å²) in [6.07, 6.45) is 3.04. The summed E-state index contributed by atoms with van der Waals surface area (Å²) < 4.78 is 28.0. The number of nitrogens with one attached hydrogen (secondary N) is 1. The van der Waals surface area contributed by atoms with Crippen LogP contribution in [0.2, 0.25) is 0 Å². The lowest BCUT2D eigenvalue weighted by Gasteiger charge is -2.29. The molecular formula is C10H23N3O2S. The minimum atomic E-state index is -3.30. The minimum Gasteiger partial charge on any atom is -0.330 e. The lowest BCUT2D eigenvalue weighted by atomic mass is 9.95. The van der Waals surface area contributed by atoms with E-state index in [4.69, 9.17) is 5.73 Å². The van der Waals surface area contributed by atoms with Crippen molar-refractivity contribution in [1.29, 1.82) is 0 Å². The molecule has 6 heteroatoms. The molecule has 0 saturated carbocycles. The summed E-state index contributed by atoms with van der Waals surface area (Å²) in [5, 5.41) is 0. The zero-order valence-electron chi connectivity index (χ0n) is 10.2. The highest BCUT2D eigenvalue weighted by molar-refractivity contribution is 7.87. The van der Waals surface area contributed by atoms with E-state index in [0.29, 0.717) is 26.2 Å². The fourth-order valence-electron chi connectivity index (χ4n) is 1.56. The first kappa shape index (κ1) is 13.9. The van der Waals surface area contributed by atoms with Gasteiger partial charge in [0.25, 0.3) is 10.2 Å². The quantitative estimate of drug-likeness (QED) is 0.735. The highest BCUT2D eigenvalue weighted by atomic mass is 32.2. The third kappa shape index (κ3) is 4.01. The number of piperidine rings is 1. The minimum absolute atomic E-state index is 0.192. The molecule has 5 nitrogen and oxygen atoms in total. The smallest absolute Gasteiger partial charge is 0.279 e. The van der Waals surface area contributed by atoms with Gasteiger partial charge in [0.15, 0.2) is 0 Å². The van der Waals surface area contributed by atoms with Crippen molar-refractivity contribution in [2.24, 2.45) is 11.1 Å². The maximum Gasteiger partial charge on any atom is 0.279 e. The molecule has 16 heavy (non-hydrogen) atoms. The van der Waals surface area contributed by atoms with E-state index in [2.05, 4.69) is 4.72 Å². The monoisotopic (exact) mass is 249 g/mol. The van der Waals surface area contributed by atoms with Crippen LogP contribution in [0.1, 0.15) is 33.1 Å². The molecule has 0 aliphatic carbocycles. The maximum atomic E-state index is 11.9. The number of hydrogen-bond acceptors (Lipinski definition) is 3. The van der Waals surface area contributed by atoms with Crippen molar-refractivity contribution in [1.82, 2.24) is 9.03 Å². The van der Waals surface area contributed by atoms with Gasteiger partial charge in [-0.15, -0.1) is 0 Å². The van der Waals surface area contributed by atoms with E-state index in [1.807, 2.05) is 13.8 Å². The first-order chi connectivity index (χ1) is 7.37. The molecule has 0 aromatic heterocycles. The Labute approximate surface area is 98.6 Å². The van der Waals surface area contributed by atoms with Crippen LogP contribution in [0, 0.1) is 5.41 Å². The van der Waals surface area contributed by atoms with Crippen LogP contribution in [0.4, 0.5) is 0 Å². The highest BCUT2D eigenvalue weighted by Crippen LogP contribution is 2.14. The molecule has 1 aliphatic heterocycles. The van der Waals surface area contributed by atoms with Crippen LogP contribution in [0.15, 0.2) is 0 Å². The van der Waals surface area contributed by atoms with Gasteiger partial charge in [-0.3, -0.25) is 0 Å². The van der Waals surface area contributed by atoms with Gasteiger partial charge in [-0.25, -0.2) is 4.72 Å². The van der Waals surface area contributed by atoms with Crippen molar-refractivity contribution in [2.75, 3.05) is 26.2 Å². The Morgan fingerprint density at radius 1 is 1.25 bits per heavy atom. The Bertz CT molecular complexity index is 308. The summed E-state index contributed by atoms with van der Waals surface area (Å²) in [5.74, 6) is 0. The average Bonchev–Trinajstić information content (AvgIpc) is 2.28. The highest BCUT2D eigenvalue weighted by Gasteiger charge is 2.26. The predicted octanol–water partition coefficient (Wildman–Crippen LogP) is 0.292. The van der Waals surface area contributed by atoms with Crippen LogP contribution in [-0.2, 0) is 10.2 Å². The number of nitrogens with zero attached hydrogens (tertiary/aromatic N) is 1. The molecule has 96 valence electrons. The topological polar surface area (TPSA) is 75.4 Å². The fourth-order valence-corrected chi connectivity index (χ4v) is 3.05. The van der Waals surface area contributed by atoms with E-state index in [0.717, 1.165) is 19.3 Å². The van der Waals surface area contributed by atoms with Crippen molar-refractivity contribution in [2.45, 2.75) is 33.1 Å². The number of hydrogen-bond donors (Lipinski definition) is 2. The Hall–Kier alpha value is -0.170. The molecule has 0 bridgehead atoms. The zero-order valence-corrected chi connectivity index (χ0v) is 11.0. The molecule has 1 rings (SSSR count). The standard InChI is InChI=1S/C10H23N3O2S/c1-10(2,8-11)9-12-16(14,15)13-6-4-3-5-7-13/h12H,3-9,11H2,1-2H3. The number of rotatable bonds is 5. The summed E-state index contributed by atoms with van der Waals surface area (Å²) in [7, 11) is -3.30. The second-order valence-electron chi connectivity index (χ2n) is 5.15. The van der Waals surface area contributed by atoms with Gasteiger partial charge in [-0.1, -0.05) is 20.3 Å². The largest absolute Gasteiger partial charge is 0.330 e. The van der Waals surface area contributed by atoms with Gasteiger partial charge >= 0.3 is 0 Å². The molecule has 0 radical (unpaired) electrons. The van der Waals surface area contributed by atoms with Gasteiger partial charge in [0.1, 0.15) is 0 Å². The molecule has 0 aromatic carbocycles. The van der Waals surface area contributed by atoms with E-state index in [1.54, 1.807) is 0 Å². The van der Waals surface area contributed by atoms with Crippen LogP contribution >= 0.6 is 0 Å². The zero-order chi connectivity index (χ0) is 12.2. The van der Waals surface area contributed by atoms with E-state index < -0.39 is 10.2 Å². The lowest BCUT2D eigenvalue weighted by molar-refractivity contribution is 0.328. The molecule has 1 heterocycles. The summed E-state index contributed by atoms with van der Waals surface area (Å²) in [4.78, 5) is 0. The molecule has 1 saturated heterocycles. The van der Waals surface area contributed by atoms with Crippen molar-refractivity contribution >= 4 is 10.2 Å². The molecule has 1 fully saturated rings. The predicted molar refractivity (Wildman–Crippen MR) is 65.2 cm³/mol. The second kappa shape index (κ2) is 5.44. The van der Waals surface area contributed by atoms with E-state index in [-0.39, 0.29) is 5.41 Å². The summed E-state index contributed by atoms with van der Waals surface area (Å²) in [6, 6.07) is 0. The molecule has 0 aromatic rings. The van der Waals surface area contributed by atoms with Gasteiger partial charge < -0.3 is 5.73 Å². The molecule has 0 amide bonds. The number of nitrogens with two attached hydrogens (primary N) is 1. The first-order valence-electron chi connectivity index (χ1n) is 5.82. The molecule has 0 spiro atoms. The Kier molecular flexibility index (Phi) is 4.73. The van der Waals surface area contributed by atoms with Crippen LogP contribution in [0.3, 0.4) is 0 Å². The third-order valence-electron chi connectivity index (χ3n) is 2.94. The van der Waals surface area contributed by atoms with Crippen LogP contribution in [-0.4, -0.2) is 38.9 Å². The Balaban J connectivity index is 2.51. The van der Waals surface area contributed by atoms with Crippen LogP contribution < -0.4 is 10.5 Å². The van der Waals surface area contributed by atoms with Crippen molar-refractivity contribution in [3.63, 3.8) is 0 Å². The Morgan fingerprint density at radius 2 is 1.81 bits per heavy atom. The van der Waals surface area contributed by atoms with Crippen molar-refractivity contribution in [3.05, 3.63) is 0 Å². The molecule has 3 N–H and O–H groups in total. The van der Waals surface area contributed by atoms with Gasteiger partial charge in [0.2, 0.25) is 0 Å². The summed E-state index contributed by atoms with van der Waals surface area (Å²) in [5.41, 5.74) is 5.37. The summed E-state index contributed by atoms with van der Waals surface area (Å²) in [6.45, 7) is 6.03. The van der Waals surface area contributed by atoms with Crippen LogP contribution in [0.5, 0.6) is 0 Å². The fraction of sp³-hybridized carbons (Fsp3) is 1.00. The van der Waals surface area contributed by atoms with E-state index in [1.165, 1.54) is 4.31 Å². The lowest BCUT2D eigenvalue weighted by Crippen LogP contribution is -2.47. The van der Waals surface area contributed by atoms with Gasteiger partial charge in [0.05, 0.1) is 0 Å². The van der Waals surface area contributed by atoms with E-state index >= 15 is 0 Å². The molecular weight excluding hydrogens is 226 g/mol. The molecule has 0 unspecified atom stereocenters. The average molecular weight is 249 g/mol. The maximum absolute atomic E-state index is 11.9. The SMILES string of the molecule is CC(C)(CN)CNS(=O)(=O)N1CCCCC1. The van der Waals surface area contributed by atoms with Gasteiger partial charge in [0, 0.05) is 19.6 Å². The first-order valence-corrected chi connectivity index (χ1v) is 7.26. The normalized spacial score (nSPS) is 19.9. The third-order valence-corrected chi connectivity index (χ3v) is 4.49. The summed E-state index contributed by atoms with van der Waals surface area (Å²) >= 11 is 0. The second-order valence-corrected chi connectivity index (χ2v) is 6.91. The van der Waals surface area contributed by atoms with Gasteiger partial charge in [-0.2, -0.15) is 12.7 Å². The van der Waals surface area contributed by atoms with Gasteiger partial charge in [-0.05, 0) is 24.8 Å². The Morgan fingerprint density at radius 3 is 2.31 bits per heavy atom. The van der Waals surface area contributed by atoms with Crippen LogP contribution in [0.25, 0.3) is 0 Å². The van der Waals surface area contributed by atoms with Crippen molar-refractivity contribution < 1.29 is 8.42 Å². The molecule has 1 aliphatic rings. The van der Waals surface area contributed by atoms with E-state index in [9.17, 15) is 8.42 Å². The van der Waals surface area contributed by atoms with Crippen molar-refractivity contribution in [3.8, 4) is 0 Å². The molecule has 0 atom stereocenters.